The van der Waals surface area contributed by atoms with Crippen molar-refractivity contribution in [2.75, 3.05) is 18.9 Å². The number of hydrogen-bond donors (Lipinski definition) is 4. The Morgan fingerprint density at radius 2 is 2.16 bits per heavy atom. The second-order valence-corrected chi connectivity index (χ2v) is 9.08. The number of benzene rings is 1. The molecule has 1 unspecified atom stereocenters. The highest BCUT2D eigenvalue weighted by Gasteiger charge is 2.34. The molecule has 0 saturated carbocycles. The highest BCUT2D eigenvalue weighted by atomic mass is 79.9. The molecule has 0 aliphatic carbocycles. The van der Waals surface area contributed by atoms with Crippen LogP contribution in [0.2, 0.25) is 0 Å². The standard InChI is InChI=1S/C16H15Br2N3O3S/c1-21-3-2-6-9(5-21)25-16-10(6)15(24)19-14(20-16)7-4-8(17)13(23)11(18)12(7)22/h4,14,20,22-23H,2-3,5H2,1H3,(H,19,24)/t14-/m0/s1. The lowest BCUT2D eigenvalue weighted by Gasteiger charge is -2.30. The molecule has 6 nitrogen and oxygen atoms in total. The van der Waals surface area contributed by atoms with Gasteiger partial charge in [0.1, 0.15) is 23.5 Å². The van der Waals surface area contributed by atoms with Crippen molar-refractivity contribution in [2.45, 2.75) is 19.1 Å². The van der Waals surface area contributed by atoms with E-state index in [0.29, 0.717) is 15.6 Å². The number of hydrogen-bond acceptors (Lipinski definition) is 5. The summed E-state index contributed by atoms with van der Waals surface area (Å²) in [6.45, 7) is 1.92. The topological polar surface area (TPSA) is 88.9 Å². The highest BCUT2D eigenvalue weighted by Crippen LogP contribution is 2.44. The number of phenols is 1. The van der Waals surface area contributed by atoms with Crippen LogP contribution in [0.4, 0.5) is 5.00 Å². The Kier molecular flexibility index (Phi) is 4.22. The van der Waals surface area contributed by atoms with Gasteiger partial charge in [-0.25, -0.2) is 0 Å². The lowest BCUT2D eigenvalue weighted by Crippen LogP contribution is -3.08. The molecule has 4 rings (SSSR count). The predicted octanol–water partition coefficient (Wildman–Crippen LogP) is 1.48. The van der Waals surface area contributed by atoms with Gasteiger partial charge in [-0.05, 0) is 49.1 Å². The van der Waals surface area contributed by atoms with Crippen LogP contribution in [0.3, 0.4) is 0 Å². The summed E-state index contributed by atoms with van der Waals surface area (Å²) in [5.41, 5.74) is 2.21. The minimum atomic E-state index is -0.633. The van der Waals surface area contributed by atoms with Crippen molar-refractivity contribution in [1.82, 2.24) is 5.32 Å². The summed E-state index contributed by atoms with van der Waals surface area (Å²) in [4.78, 5) is 15.4. The normalized spacial score (nSPS) is 22.0. The molecule has 0 radical (unpaired) electrons. The molecule has 1 aromatic heterocycles. The quantitative estimate of drug-likeness (QED) is 0.489. The minimum Gasteiger partial charge on any atom is -0.871 e. The van der Waals surface area contributed by atoms with Gasteiger partial charge in [0.2, 0.25) is 0 Å². The zero-order valence-electron chi connectivity index (χ0n) is 13.2. The number of nitrogens with one attached hydrogen (secondary N) is 3. The lowest BCUT2D eigenvalue weighted by atomic mass is 10.0. The van der Waals surface area contributed by atoms with Gasteiger partial charge in [-0.3, -0.25) is 4.79 Å². The van der Waals surface area contributed by atoms with Crippen LogP contribution in [0, 0.1) is 0 Å². The van der Waals surface area contributed by atoms with E-state index in [-0.39, 0.29) is 21.9 Å². The largest absolute Gasteiger partial charge is 0.871 e. The summed E-state index contributed by atoms with van der Waals surface area (Å²) in [6.07, 6.45) is 0.251. The fourth-order valence-corrected chi connectivity index (χ4v) is 5.85. The van der Waals surface area contributed by atoms with Gasteiger partial charge < -0.3 is 25.7 Å². The van der Waals surface area contributed by atoms with Gasteiger partial charge in [0, 0.05) is 6.42 Å². The molecular weight excluding hydrogens is 474 g/mol. The summed E-state index contributed by atoms with van der Waals surface area (Å²) in [6, 6.07) is 1.54. The molecule has 1 amide bonds. The number of rotatable bonds is 1. The Morgan fingerprint density at radius 1 is 1.40 bits per heavy atom. The van der Waals surface area contributed by atoms with E-state index in [2.05, 4.69) is 49.5 Å². The second-order valence-electron chi connectivity index (χ2n) is 6.33. The maximum Gasteiger partial charge on any atom is 0.256 e. The number of likely N-dealkylation sites (N-methyl/N-ethyl adjacent to an activating group) is 1. The Hall–Kier alpha value is -1.29. The summed E-state index contributed by atoms with van der Waals surface area (Å²) in [5, 5.41) is 29.3. The average molecular weight is 489 g/mol. The number of carbonyl (C=O) groups excluding carboxylic acids is 1. The molecule has 9 heteroatoms. The number of thiophene rings is 1. The second kappa shape index (κ2) is 6.15. The number of fused-ring (bicyclic) bond motifs is 3. The van der Waals surface area contributed by atoms with Gasteiger partial charge in [0.15, 0.2) is 0 Å². The first-order chi connectivity index (χ1) is 11.9. The van der Waals surface area contributed by atoms with Crippen LogP contribution in [-0.4, -0.2) is 24.6 Å². The summed E-state index contributed by atoms with van der Waals surface area (Å²) < 4.78 is 0.473. The minimum absolute atomic E-state index is 0.0782. The fourth-order valence-electron chi connectivity index (χ4n) is 3.31. The number of phenolic OH excluding ortho intramolecular Hbond substituents is 1. The Bertz CT molecular complexity index is 899. The molecule has 25 heavy (non-hydrogen) atoms. The molecule has 3 heterocycles. The number of amides is 1. The van der Waals surface area contributed by atoms with E-state index in [1.807, 2.05) is 0 Å². The van der Waals surface area contributed by atoms with Gasteiger partial charge in [-0.2, -0.15) is 0 Å². The Morgan fingerprint density at radius 3 is 2.92 bits per heavy atom. The third-order valence-electron chi connectivity index (χ3n) is 4.62. The van der Waals surface area contributed by atoms with Crippen LogP contribution in [0.1, 0.15) is 32.5 Å². The first kappa shape index (κ1) is 17.1. The predicted molar refractivity (Wildman–Crippen MR) is 100 cm³/mol. The van der Waals surface area contributed by atoms with Crippen LogP contribution in [0.5, 0.6) is 11.5 Å². The van der Waals surface area contributed by atoms with Crippen LogP contribution < -0.4 is 20.6 Å². The van der Waals surface area contributed by atoms with Crippen molar-refractivity contribution < 1.29 is 19.9 Å². The van der Waals surface area contributed by atoms with Gasteiger partial charge in [-0.1, -0.05) is 5.75 Å². The van der Waals surface area contributed by atoms with Crippen molar-refractivity contribution in [3.05, 3.63) is 36.6 Å². The van der Waals surface area contributed by atoms with Crippen molar-refractivity contribution in [3.63, 3.8) is 0 Å². The molecule has 2 aliphatic heterocycles. The van der Waals surface area contributed by atoms with Crippen molar-refractivity contribution in [1.29, 1.82) is 0 Å². The monoisotopic (exact) mass is 487 g/mol. The zero-order valence-corrected chi connectivity index (χ0v) is 17.2. The van der Waals surface area contributed by atoms with Crippen LogP contribution >= 0.6 is 43.2 Å². The van der Waals surface area contributed by atoms with Gasteiger partial charge in [0.25, 0.3) is 5.91 Å². The molecule has 132 valence electrons. The summed E-state index contributed by atoms with van der Waals surface area (Å²) >= 11 is 7.95. The summed E-state index contributed by atoms with van der Waals surface area (Å²) in [7, 11) is 2.15. The smallest absolute Gasteiger partial charge is 0.256 e. The SMILES string of the molecule is C[NH+]1CCc2c(sc3c2C(=O)N[C@H](c2cc(Br)c(O)c(Br)c2[O-])N3)C1. The maximum absolute atomic E-state index is 12.7. The van der Waals surface area contributed by atoms with E-state index in [0.717, 1.165) is 30.1 Å². The molecular formula is C16H15Br2N3O3S. The fraction of sp³-hybridized carbons (Fsp3) is 0.312. The van der Waals surface area contributed by atoms with Gasteiger partial charge in [0.05, 0.1) is 33.0 Å². The van der Waals surface area contributed by atoms with Gasteiger partial charge in [-0.15, -0.1) is 11.3 Å². The molecule has 1 aromatic carbocycles. The number of quaternary nitrogens is 1. The molecule has 2 aromatic rings. The van der Waals surface area contributed by atoms with Crippen molar-refractivity contribution in [3.8, 4) is 11.5 Å². The molecule has 4 N–H and O–H groups in total. The van der Waals surface area contributed by atoms with E-state index in [9.17, 15) is 15.0 Å². The molecule has 0 bridgehead atoms. The first-order valence-electron chi connectivity index (χ1n) is 7.78. The first-order valence-corrected chi connectivity index (χ1v) is 10.2. The highest BCUT2D eigenvalue weighted by molar-refractivity contribution is 9.11. The maximum atomic E-state index is 12.7. The number of halogens is 2. The Labute approximate surface area is 165 Å². The average Bonchev–Trinajstić information content (AvgIpc) is 2.93. The third kappa shape index (κ3) is 2.73. The lowest BCUT2D eigenvalue weighted by molar-refractivity contribution is -0.895. The van der Waals surface area contributed by atoms with Crippen molar-refractivity contribution in [2.24, 2.45) is 0 Å². The van der Waals surface area contributed by atoms with E-state index >= 15 is 0 Å². The zero-order chi connectivity index (χ0) is 17.9. The van der Waals surface area contributed by atoms with Crippen molar-refractivity contribution >= 4 is 54.1 Å². The van der Waals surface area contributed by atoms with E-state index in [4.69, 9.17) is 0 Å². The Balaban J connectivity index is 1.75. The molecule has 0 saturated heterocycles. The summed E-state index contributed by atoms with van der Waals surface area (Å²) in [5.74, 6) is -0.655. The molecule has 2 atom stereocenters. The van der Waals surface area contributed by atoms with E-state index in [1.54, 1.807) is 11.3 Å². The van der Waals surface area contributed by atoms with Crippen LogP contribution in [-0.2, 0) is 13.0 Å². The number of carbonyl (C=O) groups is 1. The van der Waals surface area contributed by atoms with Crippen LogP contribution in [0.25, 0.3) is 0 Å². The van der Waals surface area contributed by atoms with E-state index in [1.165, 1.54) is 15.8 Å². The van der Waals surface area contributed by atoms with Crippen LogP contribution in [0.15, 0.2) is 15.0 Å². The number of anilines is 1. The molecule has 0 fully saturated rings. The third-order valence-corrected chi connectivity index (χ3v) is 7.13. The van der Waals surface area contributed by atoms with Gasteiger partial charge >= 0.3 is 0 Å². The molecule has 2 aliphatic rings. The number of aromatic hydroxyl groups is 1. The van der Waals surface area contributed by atoms with E-state index < -0.39 is 6.17 Å². The molecule has 0 spiro atoms.